The van der Waals surface area contributed by atoms with Gasteiger partial charge in [0.15, 0.2) is 5.96 Å². The van der Waals surface area contributed by atoms with Gasteiger partial charge in [-0.2, -0.15) is 0 Å². The van der Waals surface area contributed by atoms with Crippen LogP contribution in [0.1, 0.15) is 31.7 Å². The molecular weight excluding hydrogens is 529 g/mol. The van der Waals surface area contributed by atoms with Gasteiger partial charge in [0.05, 0.1) is 19.8 Å². The number of hydrogen-bond donors (Lipinski definition) is 2. The highest BCUT2D eigenvalue weighted by molar-refractivity contribution is 14.0. The van der Waals surface area contributed by atoms with E-state index in [1.54, 1.807) is 0 Å². The molecule has 1 atom stereocenters. The molecule has 1 unspecified atom stereocenters. The number of rotatable bonds is 7. The Bertz CT molecular complexity index is 718. The minimum Gasteiger partial charge on any atom is -0.396 e. The van der Waals surface area contributed by atoms with Gasteiger partial charge < -0.3 is 25.0 Å². The summed E-state index contributed by atoms with van der Waals surface area (Å²) in [7, 11) is 0. The first-order valence-electron chi connectivity index (χ1n) is 12.5. The number of nitrogens with zero attached hydrogens (tertiary/aromatic N) is 4. The first-order valence-corrected chi connectivity index (χ1v) is 12.5. The predicted molar refractivity (Wildman–Crippen MR) is 146 cm³/mol. The van der Waals surface area contributed by atoms with Crippen LogP contribution in [0.15, 0.2) is 29.3 Å². The molecule has 3 fully saturated rings. The Morgan fingerprint density at radius 2 is 1.73 bits per heavy atom. The van der Waals surface area contributed by atoms with E-state index in [1.807, 2.05) is 0 Å². The molecule has 3 aliphatic heterocycles. The van der Waals surface area contributed by atoms with Crippen LogP contribution < -0.4 is 10.2 Å². The molecule has 0 saturated carbocycles. The zero-order valence-corrected chi connectivity index (χ0v) is 22.5. The summed E-state index contributed by atoms with van der Waals surface area (Å²) in [6.45, 7) is 13.4. The van der Waals surface area contributed by atoms with Crippen molar-refractivity contribution in [2.45, 2.75) is 32.7 Å². The summed E-state index contributed by atoms with van der Waals surface area (Å²) < 4.78 is 5.49. The largest absolute Gasteiger partial charge is 0.396 e. The second-order valence-corrected chi connectivity index (χ2v) is 9.46. The van der Waals surface area contributed by atoms with E-state index in [9.17, 15) is 5.11 Å². The molecule has 2 N–H and O–H groups in total. The van der Waals surface area contributed by atoms with Gasteiger partial charge in [-0.25, -0.2) is 4.99 Å². The van der Waals surface area contributed by atoms with Crippen LogP contribution in [0.4, 0.5) is 5.69 Å². The number of anilines is 1. The Hall–Kier alpha value is -1.10. The van der Waals surface area contributed by atoms with Gasteiger partial charge in [-0.1, -0.05) is 12.1 Å². The van der Waals surface area contributed by atoms with Crippen LogP contribution in [-0.4, -0.2) is 93.0 Å². The van der Waals surface area contributed by atoms with E-state index >= 15 is 0 Å². The van der Waals surface area contributed by atoms with Crippen molar-refractivity contribution in [3.63, 3.8) is 0 Å². The quantitative estimate of drug-likeness (QED) is 0.298. The van der Waals surface area contributed by atoms with Crippen molar-refractivity contribution in [1.29, 1.82) is 0 Å². The maximum atomic E-state index is 9.35. The summed E-state index contributed by atoms with van der Waals surface area (Å²) in [5, 5.41) is 12.9. The van der Waals surface area contributed by atoms with E-state index in [0.29, 0.717) is 25.0 Å². The highest BCUT2D eigenvalue weighted by atomic mass is 127. The van der Waals surface area contributed by atoms with Crippen LogP contribution in [0.2, 0.25) is 0 Å². The summed E-state index contributed by atoms with van der Waals surface area (Å²) in [6.07, 6.45) is 3.40. The number of hydrogen-bond acceptors (Lipinski definition) is 5. The number of aliphatic hydroxyl groups excluding tert-OH is 1. The lowest BCUT2D eigenvalue weighted by Gasteiger charge is -2.32. The van der Waals surface area contributed by atoms with Gasteiger partial charge in [0.2, 0.25) is 0 Å². The molecule has 8 heteroatoms. The van der Waals surface area contributed by atoms with Crippen LogP contribution in [0.3, 0.4) is 0 Å². The molecule has 186 valence electrons. The number of guanidine groups is 1. The van der Waals surface area contributed by atoms with E-state index < -0.39 is 0 Å². The average Bonchev–Trinajstić information content (AvgIpc) is 3.31. The van der Waals surface area contributed by atoms with Crippen molar-refractivity contribution in [3.05, 3.63) is 29.8 Å². The molecule has 4 rings (SSSR count). The molecule has 0 aliphatic carbocycles. The fourth-order valence-electron chi connectivity index (χ4n) is 5.10. The fourth-order valence-corrected chi connectivity index (χ4v) is 5.10. The number of aliphatic hydroxyl groups is 1. The standard InChI is InChI=1S/C25H41N5O2.HI/c1-2-26-25(30-12-9-23(19-30)18-28-13-15-32-16-14-28)27-17-21-3-5-24(6-4-21)29-10-7-22(20-31)8-11-29;/h3-6,22-23,31H,2,7-20H2,1H3,(H,26,27);1H. The molecule has 3 saturated heterocycles. The number of aliphatic imine (C=N–C) groups is 1. The molecule has 0 radical (unpaired) electrons. The van der Waals surface area contributed by atoms with Crippen LogP contribution >= 0.6 is 24.0 Å². The van der Waals surface area contributed by atoms with Gasteiger partial charge >= 0.3 is 0 Å². The third kappa shape index (κ3) is 7.70. The molecule has 33 heavy (non-hydrogen) atoms. The zero-order valence-electron chi connectivity index (χ0n) is 20.1. The Kier molecular flexibility index (Phi) is 11.0. The third-order valence-electron chi connectivity index (χ3n) is 7.13. The Labute approximate surface area is 216 Å². The summed E-state index contributed by atoms with van der Waals surface area (Å²) in [5.74, 6) is 2.24. The number of halogens is 1. The number of nitrogens with one attached hydrogen (secondary N) is 1. The van der Waals surface area contributed by atoms with E-state index in [4.69, 9.17) is 9.73 Å². The molecule has 1 aromatic carbocycles. The molecule has 0 bridgehead atoms. The van der Waals surface area contributed by atoms with Crippen molar-refractivity contribution in [3.8, 4) is 0 Å². The van der Waals surface area contributed by atoms with Gasteiger partial charge in [0.1, 0.15) is 0 Å². The molecule has 1 aromatic rings. The highest BCUT2D eigenvalue weighted by Gasteiger charge is 2.27. The van der Waals surface area contributed by atoms with Crippen molar-refractivity contribution >= 4 is 35.6 Å². The zero-order chi connectivity index (χ0) is 22.2. The minimum atomic E-state index is 0. The van der Waals surface area contributed by atoms with Crippen molar-refractivity contribution in [2.24, 2.45) is 16.8 Å². The predicted octanol–water partition coefficient (Wildman–Crippen LogP) is 2.63. The number of ether oxygens (including phenoxy) is 1. The first kappa shape index (κ1) is 26.5. The summed E-state index contributed by atoms with van der Waals surface area (Å²) in [6, 6.07) is 8.88. The second-order valence-electron chi connectivity index (χ2n) is 9.46. The Balaban J connectivity index is 0.00000306. The summed E-state index contributed by atoms with van der Waals surface area (Å²) in [4.78, 5) is 12.4. The smallest absolute Gasteiger partial charge is 0.194 e. The lowest BCUT2D eigenvalue weighted by Crippen LogP contribution is -2.42. The molecule has 7 nitrogen and oxygen atoms in total. The van der Waals surface area contributed by atoms with E-state index in [0.717, 1.165) is 77.8 Å². The van der Waals surface area contributed by atoms with Gasteiger partial charge in [0.25, 0.3) is 0 Å². The highest BCUT2D eigenvalue weighted by Crippen LogP contribution is 2.24. The van der Waals surface area contributed by atoms with Crippen molar-refractivity contribution in [2.75, 3.05) is 77.1 Å². The first-order chi connectivity index (χ1) is 15.7. The fraction of sp³-hybridized carbons (Fsp3) is 0.720. The maximum absolute atomic E-state index is 9.35. The van der Waals surface area contributed by atoms with Crippen LogP contribution in [0.25, 0.3) is 0 Å². The lowest BCUT2D eigenvalue weighted by atomic mass is 9.97. The molecule has 3 heterocycles. The number of piperidine rings is 1. The SMILES string of the molecule is CCNC(=NCc1ccc(N2CCC(CO)CC2)cc1)N1CCC(CN2CCOCC2)C1.I. The van der Waals surface area contributed by atoms with Gasteiger partial charge in [-0.15, -0.1) is 24.0 Å². The van der Waals surface area contributed by atoms with Gasteiger partial charge in [-0.05, 0) is 55.7 Å². The molecule has 3 aliphatic rings. The maximum Gasteiger partial charge on any atom is 0.194 e. The number of morpholine rings is 1. The van der Waals surface area contributed by atoms with Gasteiger partial charge in [-0.3, -0.25) is 4.90 Å². The third-order valence-corrected chi connectivity index (χ3v) is 7.13. The Morgan fingerprint density at radius 1 is 1.03 bits per heavy atom. The monoisotopic (exact) mass is 571 g/mol. The van der Waals surface area contributed by atoms with E-state index in [1.165, 1.54) is 24.2 Å². The lowest BCUT2D eigenvalue weighted by molar-refractivity contribution is 0.0315. The average molecular weight is 572 g/mol. The summed E-state index contributed by atoms with van der Waals surface area (Å²) >= 11 is 0. The normalized spacial score (nSPS) is 23.0. The van der Waals surface area contributed by atoms with Crippen molar-refractivity contribution < 1.29 is 9.84 Å². The number of benzene rings is 1. The van der Waals surface area contributed by atoms with Gasteiger partial charge in [0, 0.05) is 64.7 Å². The van der Waals surface area contributed by atoms with Crippen LogP contribution in [0.5, 0.6) is 0 Å². The topological polar surface area (TPSA) is 63.6 Å². The molecule has 0 amide bonds. The Morgan fingerprint density at radius 3 is 2.39 bits per heavy atom. The van der Waals surface area contributed by atoms with Crippen molar-refractivity contribution in [1.82, 2.24) is 15.1 Å². The second kappa shape index (κ2) is 13.7. The number of likely N-dealkylation sites (tertiary alicyclic amines) is 1. The minimum absolute atomic E-state index is 0. The molecule has 0 spiro atoms. The van der Waals surface area contributed by atoms with Crippen LogP contribution in [0, 0.1) is 11.8 Å². The summed E-state index contributed by atoms with van der Waals surface area (Å²) in [5.41, 5.74) is 2.53. The molecule has 0 aromatic heterocycles. The van der Waals surface area contributed by atoms with E-state index in [2.05, 4.69) is 51.2 Å². The van der Waals surface area contributed by atoms with E-state index in [-0.39, 0.29) is 24.0 Å². The van der Waals surface area contributed by atoms with Crippen LogP contribution in [-0.2, 0) is 11.3 Å². The molecular formula is C25H42IN5O2.